The lowest BCUT2D eigenvalue weighted by molar-refractivity contribution is -0.141. The highest BCUT2D eigenvalue weighted by molar-refractivity contribution is 5.69. The van der Waals surface area contributed by atoms with E-state index in [1.54, 1.807) is 0 Å². The molecule has 9 atom stereocenters. The van der Waals surface area contributed by atoms with Crippen LogP contribution in [0.4, 0.5) is 0 Å². The minimum atomic E-state index is -0.0418. The van der Waals surface area contributed by atoms with Crippen molar-refractivity contribution in [2.75, 3.05) is 33.3 Å². The van der Waals surface area contributed by atoms with Gasteiger partial charge in [0.05, 0.1) is 7.11 Å². The molecule has 0 aliphatic heterocycles. The van der Waals surface area contributed by atoms with Crippen molar-refractivity contribution in [2.45, 2.75) is 104 Å². The van der Waals surface area contributed by atoms with Crippen molar-refractivity contribution < 1.29 is 9.53 Å². The van der Waals surface area contributed by atoms with Gasteiger partial charge in [0.25, 0.3) is 0 Å². The van der Waals surface area contributed by atoms with Gasteiger partial charge in [-0.05, 0) is 130 Å². The van der Waals surface area contributed by atoms with Gasteiger partial charge in [-0.1, -0.05) is 20.8 Å². The highest BCUT2D eigenvalue weighted by atomic mass is 16.5. The number of hydrogen-bond acceptors (Lipinski definition) is 5. The molecule has 4 aliphatic rings. The molecule has 202 valence electrons. The number of ether oxygens (including phenoxy) is 1. The molecule has 4 aliphatic carbocycles. The van der Waals surface area contributed by atoms with Crippen molar-refractivity contribution >= 4 is 5.97 Å². The van der Waals surface area contributed by atoms with Crippen LogP contribution in [0.1, 0.15) is 97.8 Å². The zero-order chi connectivity index (χ0) is 25.1. The van der Waals surface area contributed by atoms with E-state index >= 15 is 0 Å². The van der Waals surface area contributed by atoms with Gasteiger partial charge < -0.3 is 21.1 Å². The van der Waals surface area contributed by atoms with Crippen LogP contribution in [0.3, 0.4) is 0 Å². The van der Waals surface area contributed by atoms with Crippen molar-refractivity contribution in [3.05, 3.63) is 0 Å². The van der Waals surface area contributed by atoms with Gasteiger partial charge in [-0.25, -0.2) is 0 Å². The van der Waals surface area contributed by atoms with Crippen molar-refractivity contribution in [1.29, 1.82) is 0 Å². The van der Waals surface area contributed by atoms with Gasteiger partial charge >= 0.3 is 5.97 Å². The first-order valence-electron chi connectivity index (χ1n) is 15.0. The lowest BCUT2D eigenvalue weighted by Crippen LogP contribution is -2.55. The number of rotatable bonds is 11. The van der Waals surface area contributed by atoms with Crippen LogP contribution in [-0.4, -0.2) is 45.3 Å². The average molecular weight is 490 g/mol. The Morgan fingerprint density at radius 2 is 1.77 bits per heavy atom. The zero-order valence-electron chi connectivity index (χ0n) is 23.2. The average Bonchev–Trinajstić information content (AvgIpc) is 3.21. The van der Waals surface area contributed by atoms with Crippen LogP contribution < -0.4 is 16.4 Å². The molecular formula is C30H55N3O2. The highest BCUT2D eigenvalue weighted by Gasteiger charge is 2.60. The van der Waals surface area contributed by atoms with Crippen molar-refractivity contribution in [2.24, 2.45) is 52.1 Å². The summed E-state index contributed by atoms with van der Waals surface area (Å²) in [5.41, 5.74) is 6.61. The fraction of sp³-hybridized carbons (Fsp3) is 0.967. The Labute approximate surface area is 215 Å². The predicted octanol–water partition coefficient (Wildman–Crippen LogP) is 5.13. The van der Waals surface area contributed by atoms with Crippen LogP contribution in [0.15, 0.2) is 0 Å². The van der Waals surface area contributed by atoms with Gasteiger partial charge in [-0.2, -0.15) is 0 Å². The van der Waals surface area contributed by atoms with Gasteiger partial charge in [0, 0.05) is 25.6 Å². The fourth-order valence-electron chi connectivity index (χ4n) is 9.81. The number of carbonyl (C=O) groups is 1. The van der Waals surface area contributed by atoms with Crippen LogP contribution in [-0.2, 0) is 9.53 Å². The summed E-state index contributed by atoms with van der Waals surface area (Å²) in [5, 5.41) is 7.32. The molecule has 4 rings (SSSR count). The highest BCUT2D eigenvalue weighted by Crippen LogP contribution is 2.68. The topological polar surface area (TPSA) is 76.4 Å². The Bertz CT molecular complexity index is 701. The maximum absolute atomic E-state index is 11.8. The molecule has 5 heteroatoms. The third-order valence-corrected chi connectivity index (χ3v) is 11.7. The molecule has 0 aromatic carbocycles. The van der Waals surface area contributed by atoms with Crippen LogP contribution in [0.5, 0.6) is 0 Å². The molecule has 0 aromatic rings. The summed E-state index contributed by atoms with van der Waals surface area (Å²) < 4.78 is 4.93. The Kier molecular flexibility index (Phi) is 9.25. The third-order valence-electron chi connectivity index (χ3n) is 11.7. The van der Waals surface area contributed by atoms with Gasteiger partial charge in [0.15, 0.2) is 0 Å². The molecule has 4 saturated carbocycles. The molecule has 0 amide bonds. The largest absolute Gasteiger partial charge is 0.469 e. The van der Waals surface area contributed by atoms with E-state index in [4.69, 9.17) is 10.5 Å². The SMILES string of the molecule is COC(=O)CC[C@@H](C)[C@H]1CCC2C3CCC4C[C@@H](NCCCNCCN)CC[C@]4(C)C3CC[C@@]21C. The van der Waals surface area contributed by atoms with Crippen LogP contribution in [0.25, 0.3) is 0 Å². The van der Waals surface area contributed by atoms with Gasteiger partial charge in [0.1, 0.15) is 0 Å². The second-order valence-corrected chi connectivity index (χ2v) is 13.3. The van der Waals surface area contributed by atoms with E-state index in [-0.39, 0.29) is 5.97 Å². The maximum atomic E-state index is 11.8. The van der Waals surface area contributed by atoms with Crippen molar-refractivity contribution in [3.8, 4) is 0 Å². The Balaban J connectivity index is 1.32. The Morgan fingerprint density at radius 1 is 1.00 bits per heavy atom. The molecule has 0 spiro atoms. The summed E-state index contributed by atoms with van der Waals surface area (Å²) in [6, 6.07) is 0.722. The number of fused-ring (bicyclic) bond motifs is 5. The van der Waals surface area contributed by atoms with Crippen LogP contribution in [0.2, 0.25) is 0 Å². The molecule has 4 fully saturated rings. The summed E-state index contributed by atoms with van der Waals surface area (Å²) in [5.74, 6) is 5.05. The minimum absolute atomic E-state index is 0.0418. The summed E-state index contributed by atoms with van der Waals surface area (Å²) in [7, 11) is 1.52. The van der Waals surface area contributed by atoms with Crippen molar-refractivity contribution in [1.82, 2.24) is 10.6 Å². The quantitative estimate of drug-likeness (QED) is 0.277. The Morgan fingerprint density at radius 3 is 2.54 bits per heavy atom. The third kappa shape index (κ3) is 5.62. The summed E-state index contributed by atoms with van der Waals surface area (Å²) in [6.07, 6.45) is 15.5. The molecule has 0 heterocycles. The van der Waals surface area contributed by atoms with E-state index in [0.29, 0.717) is 23.2 Å². The Hall–Kier alpha value is -0.650. The lowest BCUT2D eigenvalue weighted by atomic mass is 9.44. The number of esters is 1. The first-order chi connectivity index (χ1) is 16.8. The molecular weight excluding hydrogens is 434 g/mol. The zero-order valence-corrected chi connectivity index (χ0v) is 23.2. The molecule has 0 radical (unpaired) electrons. The molecule has 0 bridgehead atoms. The second kappa shape index (κ2) is 11.8. The van der Waals surface area contributed by atoms with Crippen LogP contribution >= 0.6 is 0 Å². The van der Waals surface area contributed by atoms with Crippen molar-refractivity contribution in [3.63, 3.8) is 0 Å². The smallest absolute Gasteiger partial charge is 0.305 e. The minimum Gasteiger partial charge on any atom is -0.469 e. The van der Waals surface area contributed by atoms with E-state index < -0.39 is 0 Å². The van der Waals surface area contributed by atoms with E-state index in [0.717, 1.165) is 68.2 Å². The van der Waals surface area contributed by atoms with Crippen LogP contribution in [0, 0.1) is 46.3 Å². The second-order valence-electron chi connectivity index (χ2n) is 13.3. The molecule has 4 unspecified atom stereocenters. The molecule has 0 saturated heterocycles. The standard InChI is InChI=1S/C30H55N3O2/c1-21(6-11-28(34)35-4)25-9-10-26-24-8-7-22-20-23(33-18-5-17-32-19-16-31)12-14-29(22,2)27(24)13-15-30(25,26)3/h21-27,32-33H,5-20,31H2,1-4H3/t21-,22?,23+,24?,25-,26?,27?,29+,30-/m1/s1. The first-order valence-corrected chi connectivity index (χ1v) is 15.0. The summed E-state index contributed by atoms with van der Waals surface area (Å²) in [4.78, 5) is 11.8. The monoisotopic (exact) mass is 489 g/mol. The predicted molar refractivity (Wildman–Crippen MR) is 144 cm³/mol. The molecule has 4 N–H and O–H groups in total. The summed E-state index contributed by atoms with van der Waals surface area (Å²) >= 11 is 0. The molecule has 0 aromatic heterocycles. The van der Waals surface area contributed by atoms with E-state index in [2.05, 4.69) is 31.4 Å². The van der Waals surface area contributed by atoms with Gasteiger partial charge in [0.2, 0.25) is 0 Å². The first kappa shape index (κ1) is 27.4. The maximum Gasteiger partial charge on any atom is 0.305 e. The van der Waals surface area contributed by atoms with Gasteiger partial charge in [-0.3, -0.25) is 4.79 Å². The normalized spacial score (nSPS) is 41.5. The van der Waals surface area contributed by atoms with E-state index in [1.807, 2.05) is 0 Å². The number of nitrogens with one attached hydrogen (secondary N) is 2. The number of nitrogens with two attached hydrogens (primary N) is 1. The molecule has 5 nitrogen and oxygen atoms in total. The lowest BCUT2D eigenvalue weighted by Gasteiger charge is -2.61. The molecule has 35 heavy (non-hydrogen) atoms. The number of hydrogen-bond donors (Lipinski definition) is 3. The van der Waals surface area contributed by atoms with E-state index in [1.165, 1.54) is 71.3 Å². The summed E-state index contributed by atoms with van der Waals surface area (Å²) in [6.45, 7) is 11.6. The van der Waals surface area contributed by atoms with E-state index in [9.17, 15) is 4.79 Å². The fourth-order valence-corrected chi connectivity index (χ4v) is 9.81. The van der Waals surface area contributed by atoms with Gasteiger partial charge in [-0.15, -0.1) is 0 Å². The number of carbonyl (C=O) groups excluding carboxylic acids is 1. The number of methoxy groups -OCH3 is 1.